The average Bonchev–Trinajstić information content (AvgIpc) is 2.76. The number of benzene rings is 1. The number of carbonyl (C=O) groups is 2. The van der Waals surface area contributed by atoms with E-state index in [0.29, 0.717) is 43.0 Å². The van der Waals surface area contributed by atoms with E-state index in [2.05, 4.69) is 12.2 Å². The first-order valence-corrected chi connectivity index (χ1v) is 12.3. The maximum atomic E-state index is 13.2. The van der Waals surface area contributed by atoms with Crippen molar-refractivity contribution >= 4 is 11.8 Å². The molecule has 4 bridgehead atoms. The summed E-state index contributed by atoms with van der Waals surface area (Å²) in [6.45, 7) is 3.40. The number of piperidine rings is 1. The Morgan fingerprint density at radius 1 is 1.03 bits per heavy atom. The van der Waals surface area contributed by atoms with Gasteiger partial charge in [0.25, 0.3) is 5.91 Å². The van der Waals surface area contributed by atoms with Gasteiger partial charge in [0, 0.05) is 30.6 Å². The van der Waals surface area contributed by atoms with Crippen LogP contribution in [0.3, 0.4) is 0 Å². The summed E-state index contributed by atoms with van der Waals surface area (Å²) >= 11 is 0. The number of rotatable bonds is 5. The van der Waals surface area contributed by atoms with E-state index in [1.165, 1.54) is 62.8 Å². The van der Waals surface area contributed by atoms with Gasteiger partial charge in [-0.1, -0.05) is 6.92 Å². The lowest BCUT2D eigenvalue weighted by atomic mass is 9.47. The van der Waals surface area contributed by atoms with Crippen molar-refractivity contribution in [2.45, 2.75) is 70.8 Å². The van der Waals surface area contributed by atoms with E-state index < -0.39 is 0 Å². The van der Waals surface area contributed by atoms with Gasteiger partial charge in [-0.3, -0.25) is 9.59 Å². The first-order valence-electron chi connectivity index (χ1n) is 12.3. The second kappa shape index (κ2) is 8.22. The largest absolute Gasteiger partial charge is 0.353 e. The summed E-state index contributed by atoms with van der Waals surface area (Å²) in [7, 11) is 0. The van der Waals surface area contributed by atoms with Crippen LogP contribution in [0.25, 0.3) is 0 Å². The monoisotopic (exact) mass is 426 g/mol. The van der Waals surface area contributed by atoms with E-state index in [1.807, 2.05) is 0 Å². The number of hydrogen-bond acceptors (Lipinski definition) is 2. The summed E-state index contributed by atoms with van der Waals surface area (Å²) in [6, 6.07) is 6.01. The van der Waals surface area contributed by atoms with Crippen molar-refractivity contribution in [1.82, 2.24) is 10.2 Å². The van der Waals surface area contributed by atoms with Gasteiger partial charge in [0.1, 0.15) is 5.82 Å². The number of nitrogens with one attached hydrogen (secondary N) is 1. The minimum Gasteiger partial charge on any atom is -0.353 e. The fraction of sp³-hybridized carbons (Fsp3) is 0.692. The third-order valence-electron chi connectivity index (χ3n) is 8.79. The Bertz CT molecular complexity index is 793. The SMILES string of the molecule is CCC(NC(=O)C1CCN(C(=O)c2ccc(F)cc2)CC1)C12CC3CC(CC(C3)C1)C2. The summed E-state index contributed by atoms with van der Waals surface area (Å²) in [5.41, 5.74) is 0.843. The van der Waals surface area contributed by atoms with Gasteiger partial charge in [-0.25, -0.2) is 4.39 Å². The van der Waals surface area contributed by atoms with E-state index in [1.54, 1.807) is 4.90 Å². The van der Waals surface area contributed by atoms with Crippen LogP contribution in [0, 0.1) is 34.9 Å². The Kier molecular flexibility index (Phi) is 5.56. The van der Waals surface area contributed by atoms with Crippen molar-refractivity contribution in [3.8, 4) is 0 Å². The van der Waals surface area contributed by atoms with Gasteiger partial charge in [-0.2, -0.15) is 0 Å². The van der Waals surface area contributed by atoms with Crippen LogP contribution in [0.1, 0.15) is 75.1 Å². The average molecular weight is 427 g/mol. The quantitative estimate of drug-likeness (QED) is 0.736. The van der Waals surface area contributed by atoms with Gasteiger partial charge < -0.3 is 10.2 Å². The van der Waals surface area contributed by atoms with Crippen LogP contribution >= 0.6 is 0 Å². The zero-order valence-corrected chi connectivity index (χ0v) is 18.6. The van der Waals surface area contributed by atoms with Crippen molar-refractivity contribution in [2.24, 2.45) is 29.1 Å². The third kappa shape index (κ3) is 4.01. The van der Waals surface area contributed by atoms with Crippen LogP contribution in [-0.2, 0) is 4.79 Å². The predicted molar refractivity (Wildman–Crippen MR) is 118 cm³/mol. The molecule has 4 nitrogen and oxygen atoms in total. The topological polar surface area (TPSA) is 49.4 Å². The number of hydrogen-bond donors (Lipinski definition) is 1. The van der Waals surface area contributed by atoms with E-state index >= 15 is 0 Å². The molecule has 5 fully saturated rings. The van der Waals surface area contributed by atoms with Gasteiger partial charge in [-0.05, 0) is 105 Å². The molecule has 4 aliphatic carbocycles. The Morgan fingerprint density at radius 2 is 1.58 bits per heavy atom. The van der Waals surface area contributed by atoms with Crippen molar-refractivity contribution in [3.63, 3.8) is 0 Å². The predicted octanol–water partition coefficient (Wildman–Crippen LogP) is 4.79. The molecule has 1 N–H and O–H groups in total. The minimum absolute atomic E-state index is 0.0137. The second-order valence-electron chi connectivity index (χ2n) is 10.8. The highest BCUT2D eigenvalue weighted by molar-refractivity contribution is 5.94. The lowest BCUT2D eigenvalue weighted by molar-refractivity contribution is -0.131. The van der Waals surface area contributed by atoms with Crippen LogP contribution < -0.4 is 5.32 Å². The fourth-order valence-corrected chi connectivity index (χ4v) is 7.70. The van der Waals surface area contributed by atoms with Crippen LogP contribution in [-0.4, -0.2) is 35.8 Å². The number of likely N-dealkylation sites (tertiary alicyclic amines) is 1. The molecule has 5 heteroatoms. The number of carbonyl (C=O) groups excluding carboxylic acids is 2. The first-order chi connectivity index (χ1) is 15.0. The van der Waals surface area contributed by atoms with Gasteiger partial charge >= 0.3 is 0 Å². The summed E-state index contributed by atoms with van der Waals surface area (Å²) < 4.78 is 13.1. The first kappa shape index (κ1) is 21.0. The zero-order valence-electron chi connectivity index (χ0n) is 18.6. The molecule has 0 radical (unpaired) electrons. The van der Waals surface area contributed by atoms with E-state index in [9.17, 15) is 14.0 Å². The van der Waals surface area contributed by atoms with Crippen molar-refractivity contribution in [1.29, 1.82) is 0 Å². The summed E-state index contributed by atoms with van der Waals surface area (Å²) in [5, 5.41) is 3.49. The fourth-order valence-electron chi connectivity index (χ4n) is 7.70. The van der Waals surface area contributed by atoms with Crippen LogP contribution in [0.15, 0.2) is 24.3 Å². The summed E-state index contributed by atoms with van der Waals surface area (Å²) in [5.74, 6) is 2.43. The molecular formula is C26H35FN2O2. The Morgan fingerprint density at radius 3 is 2.10 bits per heavy atom. The summed E-state index contributed by atoms with van der Waals surface area (Å²) in [4.78, 5) is 27.7. The molecule has 0 aromatic heterocycles. The van der Waals surface area contributed by atoms with Crippen molar-refractivity contribution in [3.05, 3.63) is 35.6 Å². The highest BCUT2D eigenvalue weighted by Gasteiger charge is 2.54. The van der Waals surface area contributed by atoms with Gasteiger partial charge in [0.05, 0.1) is 0 Å². The molecule has 1 saturated heterocycles. The smallest absolute Gasteiger partial charge is 0.253 e. The Balaban J connectivity index is 1.18. The highest BCUT2D eigenvalue weighted by Crippen LogP contribution is 2.61. The summed E-state index contributed by atoms with van der Waals surface area (Å²) in [6.07, 6.45) is 10.6. The molecule has 1 aliphatic heterocycles. The number of nitrogens with zero attached hydrogens (tertiary/aromatic N) is 1. The molecule has 4 saturated carbocycles. The molecule has 6 rings (SSSR count). The van der Waals surface area contributed by atoms with Crippen molar-refractivity contribution < 1.29 is 14.0 Å². The van der Waals surface area contributed by atoms with Gasteiger partial charge in [-0.15, -0.1) is 0 Å². The Hall–Kier alpha value is -1.91. The van der Waals surface area contributed by atoms with E-state index in [4.69, 9.17) is 0 Å². The Labute approximate surface area is 185 Å². The normalized spacial score (nSPS) is 33.4. The second-order valence-corrected chi connectivity index (χ2v) is 10.8. The van der Waals surface area contributed by atoms with Gasteiger partial charge in [0.15, 0.2) is 0 Å². The molecule has 1 heterocycles. The molecule has 31 heavy (non-hydrogen) atoms. The molecule has 1 unspecified atom stereocenters. The molecule has 168 valence electrons. The third-order valence-corrected chi connectivity index (χ3v) is 8.79. The number of amides is 2. The molecule has 1 aromatic rings. The molecule has 0 spiro atoms. The molecule has 1 atom stereocenters. The minimum atomic E-state index is -0.337. The van der Waals surface area contributed by atoms with Crippen molar-refractivity contribution in [2.75, 3.05) is 13.1 Å². The molecule has 5 aliphatic rings. The maximum absolute atomic E-state index is 13.2. The molecule has 2 amide bonds. The van der Waals surface area contributed by atoms with Crippen LogP contribution in [0.2, 0.25) is 0 Å². The lowest BCUT2D eigenvalue weighted by Crippen LogP contribution is -2.57. The van der Waals surface area contributed by atoms with E-state index in [0.717, 1.165) is 24.2 Å². The lowest BCUT2D eigenvalue weighted by Gasteiger charge is -2.59. The number of halogens is 1. The standard InChI is InChI=1S/C26H35FN2O2/c1-2-23(26-14-17-11-18(15-26)13-19(12-17)16-26)28-24(30)20-7-9-29(10-8-20)25(31)21-3-5-22(27)6-4-21/h3-6,17-20,23H,2,7-16H2,1H3,(H,28,30). The highest BCUT2D eigenvalue weighted by atomic mass is 19.1. The van der Waals surface area contributed by atoms with Crippen LogP contribution in [0.5, 0.6) is 0 Å². The zero-order chi connectivity index (χ0) is 21.6. The van der Waals surface area contributed by atoms with Crippen LogP contribution in [0.4, 0.5) is 4.39 Å². The van der Waals surface area contributed by atoms with E-state index in [-0.39, 0.29) is 23.5 Å². The molecule has 1 aromatic carbocycles. The van der Waals surface area contributed by atoms with Gasteiger partial charge in [0.2, 0.25) is 5.91 Å². The maximum Gasteiger partial charge on any atom is 0.253 e. The molecular weight excluding hydrogens is 391 g/mol.